The van der Waals surface area contributed by atoms with Crippen LogP contribution in [0.15, 0.2) is 24.5 Å². The van der Waals surface area contributed by atoms with Gasteiger partial charge in [-0.3, -0.25) is 0 Å². The predicted molar refractivity (Wildman–Crippen MR) is 77.0 cm³/mol. The standard InChI is InChI=1S/C13H13Cl2N3O/c1-2-3-9-12(16)17-7-18-13(9)19-8-4-5-10(14)11(15)6-8/h4-7H,2-3H2,1H3,(H2,16,17,18). The molecular weight excluding hydrogens is 285 g/mol. The third-order valence-corrected chi connectivity index (χ3v) is 3.28. The molecule has 0 unspecified atom stereocenters. The molecule has 2 N–H and O–H groups in total. The lowest BCUT2D eigenvalue weighted by Crippen LogP contribution is -2.02. The van der Waals surface area contributed by atoms with Crippen molar-refractivity contribution in [1.82, 2.24) is 9.97 Å². The van der Waals surface area contributed by atoms with Crippen LogP contribution in [0.2, 0.25) is 10.0 Å². The molecule has 0 saturated carbocycles. The molecule has 19 heavy (non-hydrogen) atoms. The number of nitrogens with zero attached hydrogens (tertiary/aromatic N) is 2. The number of rotatable bonds is 4. The maximum absolute atomic E-state index is 5.94. The SMILES string of the molecule is CCCc1c(N)ncnc1Oc1ccc(Cl)c(Cl)c1. The first-order chi connectivity index (χ1) is 9.11. The fourth-order valence-electron chi connectivity index (χ4n) is 1.63. The fraction of sp³-hybridized carbons (Fsp3) is 0.231. The lowest BCUT2D eigenvalue weighted by molar-refractivity contribution is 0.454. The summed E-state index contributed by atoms with van der Waals surface area (Å²) in [4.78, 5) is 8.09. The van der Waals surface area contributed by atoms with Gasteiger partial charge < -0.3 is 10.5 Å². The van der Waals surface area contributed by atoms with Crippen LogP contribution in [0.3, 0.4) is 0 Å². The summed E-state index contributed by atoms with van der Waals surface area (Å²) in [6.45, 7) is 2.05. The van der Waals surface area contributed by atoms with Crippen LogP contribution in [0, 0.1) is 0 Å². The van der Waals surface area contributed by atoms with Gasteiger partial charge in [0.15, 0.2) is 0 Å². The number of benzene rings is 1. The Balaban J connectivity index is 2.32. The summed E-state index contributed by atoms with van der Waals surface area (Å²) in [7, 11) is 0. The molecule has 0 aliphatic carbocycles. The summed E-state index contributed by atoms with van der Waals surface area (Å²) in [5, 5.41) is 0.906. The van der Waals surface area contributed by atoms with Gasteiger partial charge in [-0.15, -0.1) is 0 Å². The second-order valence-electron chi connectivity index (χ2n) is 3.97. The smallest absolute Gasteiger partial charge is 0.227 e. The highest BCUT2D eigenvalue weighted by Crippen LogP contribution is 2.31. The van der Waals surface area contributed by atoms with Gasteiger partial charge >= 0.3 is 0 Å². The molecule has 100 valence electrons. The van der Waals surface area contributed by atoms with Gasteiger partial charge in [-0.05, 0) is 18.6 Å². The van der Waals surface area contributed by atoms with Crippen LogP contribution < -0.4 is 10.5 Å². The highest BCUT2D eigenvalue weighted by molar-refractivity contribution is 6.42. The molecule has 2 rings (SSSR count). The van der Waals surface area contributed by atoms with E-state index in [1.165, 1.54) is 6.33 Å². The summed E-state index contributed by atoms with van der Waals surface area (Å²) in [6, 6.07) is 5.03. The van der Waals surface area contributed by atoms with Crippen molar-refractivity contribution in [2.24, 2.45) is 0 Å². The van der Waals surface area contributed by atoms with E-state index in [1.54, 1.807) is 18.2 Å². The van der Waals surface area contributed by atoms with Gasteiger partial charge in [0.1, 0.15) is 17.9 Å². The first-order valence-electron chi connectivity index (χ1n) is 5.84. The maximum Gasteiger partial charge on any atom is 0.227 e. The van der Waals surface area contributed by atoms with Crippen LogP contribution in [0.4, 0.5) is 5.82 Å². The molecule has 0 atom stereocenters. The first kappa shape index (κ1) is 13.9. The van der Waals surface area contributed by atoms with Crippen molar-refractivity contribution in [3.63, 3.8) is 0 Å². The Hall–Kier alpha value is -1.52. The number of hydrogen-bond donors (Lipinski definition) is 1. The molecule has 6 heteroatoms. The van der Waals surface area contributed by atoms with Crippen LogP contribution in [0.1, 0.15) is 18.9 Å². The second kappa shape index (κ2) is 6.08. The molecule has 0 aliphatic heterocycles. The van der Waals surface area contributed by atoms with Crippen molar-refractivity contribution >= 4 is 29.0 Å². The normalized spacial score (nSPS) is 10.5. The molecule has 0 radical (unpaired) electrons. The zero-order chi connectivity index (χ0) is 13.8. The van der Waals surface area contributed by atoms with Gasteiger partial charge in [0, 0.05) is 6.07 Å². The minimum Gasteiger partial charge on any atom is -0.438 e. The molecule has 0 aliphatic rings. The van der Waals surface area contributed by atoms with E-state index in [0.29, 0.717) is 27.5 Å². The van der Waals surface area contributed by atoms with E-state index in [9.17, 15) is 0 Å². The van der Waals surface area contributed by atoms with Crippen LogP contribution in [-0.4, -0.2) is 9.97 Å². The molecular formula is C13H13Cl2N3O. The summed E-state index contributed by atoms with van der Waals surface area (Å²) < 4.78 is 5.70. The van der Waals surface area contributed by atoms with E-state index in [1.807, 2.05) is 0 Å². The van der Waals surface area contributed by atoms with E-state index in [0.717, 1.165) is 18.4 Å². The van der Waals surface area contributed by atoms with E-state index in [4.69, 9.17) is 33.7 Å². The topological polar surface area (TPSA) is 61.0 Å². The molecule has 0 amide bonds. The minimum absolute atomic E-state index is 0.429. The Bertz CT molecular complexity index is 590. The van der Waals surface area contributed by atoms with Crippen LogP contribution in [0.25, 0.3) is 0 Å². The van der Waals surface area contributed by atoms with Crippen molar-refractivity contribution < 1.29 is 4.74 Å². The highest BCUT2D eigenvalue weighted by Gasteiger charge is 2.11. The van der Waals surface area contributed by atoms with Crippen molar-refractivity contribution in [3.8, 4) is 11.6 Å². The molecule has 0 saturated heterocycles. The number of halogens is 2. The predicted octanol–water partition coefficient (Wildman–Crippen LogP) is 4.11. The second-order valence-corrected chi connectivity index (χ2v) is 4.78. The summed E-state index contributed by atoms with van der Waals surface area (Å²) in [5.74, 6) is 1.45. The molecule has 1 aromatic heterocycles. The maximum atomic E-state index is 5.94. The summed E-state index contributed by atoms with van der Waals surface area (Å²) in [5.41, 5.74) is 6.64. The van der Waals surface area contributed by atoms with Crippen molar-refractivity contribution in [1.29, 1.82) is 0 Å². The molecule has 4 nitrogen and oxygen atoms in total. The molecule has 0 fully saturated rings. The number of ether oxygens (including phenoxy) is 1. The van der Waals surface area contributed by atoms with Gasteiger partial charge in [-0.1, -0.05) is 36.5 Å². The summed E-state index contributed by atoms with van der Waals surface area (Å²) in [6.07, 6.45) is 3.06. The van der Waals surface area contributed by atoms with Crippen LogP contribution in [0.5, 0.6) is 11.6 Å². The van der Waals surface area contributed by atoms with E-state index < -0.39 is 0 Å². The fourth-order valence-corrected chi connectivity index (χ4v) is 1.92. The molecule has 1 aromatic carbocycles. The first-order valence-corrected chi connectivity index (χ1v) is 6.59. The molecule has 0 spiro atoms. The Morgan fingerprint density at radius 3 is 2.68 bits per heavy atom. The number of nitrogen functional groups attached to an aromatic ring is 1. The van der Waals surface area contributed by atoms with E-state index in [-0.39, 0.29) is 0 Å². The average Bonchev–Trinajstić information content (AvgIpc) is 2.38. The largest absolute Gasteiger partial charge is 0.438 e. The van der Waals surface area contributed by atoms with Gasteiger partial charge in [0.2, 0.25) is 5.88 Å². The number of aromatic nitrogens is 2. The van der Waals surface area contributed by atoms with E-state index in [2.05, 4.69) is 16.9 Å². The molecule has 1 heterocycles. The molecule has 2 aromatic rings. The zero-order valence-corrected chi connectivity index (χ0v) is 11.9. The average molecular weight is 298 g/mol. The highest BCUT2D eigenvalue weighted by atomic mass is 35.5. The Labute approximate surface area is 121 Å². The quantitative estimate of drug-likeness (QED) is 0.922. The minimum atomic E-state index is 0.429. The molecule has 0 bridgehead atoms. The third-order valence-electron chi connectivity index (χ3n) is 2.54. The number of nitrogens with two attached hydrogens (primary N) is 1. The lowest BCUT2D eigenvalue weighted by atomic mass is 10.2. The van der Waals surface area contributed by atoms with Gasteiger partial charge in [-0.25, -0.2) is 9.97 Å². The zero-order valence-electron chi connectivity index (χ0n) is 10.4. The summed E-state index contributed by atoms with van der Waals surface area (Å²) >= 11 is 11.8. The van der Waals surface area contributed by atoms with Crippen molar-refractivity contribution in [2.75, 3.05) is 5.73 Å². The van der Waals surface area contributed by atoms with Crippen molar-refractivity contribution in [3.05, 3.63) is 40.1 Å². The van der Waals surface area contributed by atoms with Gasteiger partial charge in [-0.2, -0.15) is 0 Å². The van der Waals surface area contributed by atoms with Crippen LogP contribution >= 0.6 is 23.2 Å². The number of anilines is 1. The Morgan fingerprint density at radius 1 is 1.21 bits per heavy atom. The third kappa shape index (κ3) is 3.28. The van der Waals surface area contributed by atoms with Gasteiger partial charge in [0.25, 0.3) is 0 Å². The Morgan fingerprint density at radius 2 is 2.00 bits per heavy atom. The van der Waals surface area contributed by atoms with Gasteiger partial charge in [0.05, 0.1) is 15.6 Å². The van der Waals surface area contributed by atoms with E-state index >= 15 is 0 Å². The Kier molecular flexibility index (Phi) is 4.45. The number of hydrogen-bond acceptors (Lipinski definition) is 4. The van der Waals surface area contributed by atoms with Crippen molar-refractivity contribution in [2.45, 2.75) is 19.8 Å². The van der Waals surface area contributed by atoms with Crippen LogP contribution in [-0.2, 0) is 6.42 Å². The monoisotopic (exact) mass is 297 g/mol. The lowest BCUT2D eigenvalue weighted by Gasteiger charge is -2.11.